The van der Waals surface area contributed by atoms with E-state index in [2.05, 4.69) is 27.9 Å². The van der Waals surface area contributed by atoms with Crippen molar-refractivity contribution in [3.8, 4) is 11.1 Å². The smallest absolute Gasteiger partial charge is 0.149 e. The number of pyridine rings is 1. The number of benzene rings is 1. The SMILES string of the molecule is COC[C@H](C)NC1CCC(Nc2cc(-c3ccc(F)c(NCC4(F)CC4)c3)c(F)cn2)CC1. The second-order valence-corrected chi connectivity index (χ2v) is 9.46. The lowest BCUT2D eigenvalue weighted by Gasteiger charge is -2.31. The van der Waals surface area contributed by atoms with Gasteiger partial charge in [-0.25, -0.2) is 18.2 Å². The van der Waals surface area contributed by atoms with E-state index in [9.17, 15) is 13.2 Å². The van der Waals surface area contributed by atoms with E-state index in [1.54, 1.807) is 13.2 Å². The summed E-state index contributed by atoms with van der Waals surface area (Å²) in [5.74, 6) is -0.376. The molecule has 0 amide bonds. The average molecular weight is 463 g/mol. The highest BCUT2D eigenvalue weighted by atomic mass is 19.1. The van der Waals surface area contributed by atoms with Gasteiger partial charge in [0.1, 0.15) is 23.1 Å². The summed E-state index contributed by atoms with van der Waals surface area (Å²) in [7, 11) is 1.71. The minimum Gasteiger partial charge on any atom is -0.383 e. The van der Waals surface area contributed by atoms with Crippen LogP contribution >= 0.6 is 0 Å². The number of rotatable bonds is 10. The molecule has 0 saturated heterocycles. The first-order valence-electron chi connectivity index (χ1n) is 11.7. The first kappa shape index (κ1) is 23.8. The Balaban J connectivity index is 1.39. The van der Waals surface area contributed by atoms with Crippen molar-refractivity contribution in [1.82, 2.24) is 10.3 Å². The van der Waals surface area contributed by atoms with Crippen LogP contribution in [-0.2, 0) is 4.74 Å². The highest BCUT2D eigenvalue weighted by Crippen LogP contribution is 2.40. The third-order valence-corrected chi connectivity index (χ3v) is 6.54. The van der Waals surface area contributed by atoms with E-state index in [-0.39, 0.29) is 18.3 Å². The van der Waals surface area contributed by atoms with Gasteiger partial charge in [0.05, 0.1) is 18.5 Å². The monoisotopic (exact) mass is 462 g/mol. The molecule has 1 aromatic carbocycles. The Hall–Kier alpha value is -2.32. The van der Waals surface area contributed by atoms with Crippen LogP contribution in [0.3, 0.4) is 0 Å². The number of aromatic nitrogens is 1. The molecule has 0 unspecified atom stereocenters. The van der Waals surface area contributed by atoms with E-state index >= 15 is 0 Å². The van der Waals surface area contributed by atoms with Gasteiger partial charge in [-0.1, -0.05) is 6.07 Å². The summed E-state index contributed by atoms with van der Waals surface area (Å²) < 4.78 is 47.9. The van der Waals surface area contributed by atoms with E-state index in [1.807, 2.05) is 0 Å². The van der Waals surface area contributed by atoms with Gasteiger partial charge in [0, 0.05) is 37.3 Å². The maximum absolute atomic E-state index is 14.6. The van der Waals surface area contributed by atoms with Crippen LogP contribution in [0.4, 0.5) is 24.7 Å². The van der Waals surface area contributed by atoms with Gasteiger partial charge in [0.15, 0.2) is 0 Å². The van der Waals surface area contributed by atoms with E-state index < -0.39 is 17.3 Å². The largest absolute Gasteiger partial charge is 0.383 e. The van der Waals surface area contributed by atoms with Gasteiger partial charge in [0.2, 0.25) is 0 Å². The molecule has 2 aliphatic carbocycles. The van der Waals surface area contributed by atoms with Crippen LogP contribution in [0.5, 0.6) is 0 Å². The quantitative estimate of drug-likeness (QED) is 0.448. The Kier molecular flexibility index (Phi) is 7.44. The van der Waals surface area contributed by atoms with Crippen LogP contribution in [0.25, 0.3) is 11.1 Å². The van der Waals surface area contributed by atoms with E-state index in [1.165, 1.54) is 24.4 Å². The fourth-order valence-corrected chi connectivity index (χ4v) is 4.45. The molecule has 3 N–H and O–H groups in total. The highest BCUT2D eigenvalue weighted by molar-refractivity contribution is 5.71. The minimum atomic E-state index is -1.25. The first-order chi connectivity index (χ1) is 15.8. The fourth-order valence-electron chi connectivity index (χ4n) is 4.45. The summed E-state index contributed by atoms with van der Waals surface area (Å²) in [5.41, 5.74) is -0.223. The Bertz CT molecular complexity index is 945. The van der Waals surface area contributed by atoms with E-state index in [0.29, 0.717) is 48.5 Å². The molecule has 180 valence electrons. The zero-order valence-corrected chi connectivity index (χ0v) is 19.3. The average Bonchev–Trinajstić information content (AvgIpc) is 3.53. The van der Waals surface area contributed by atoms with Crippen molar-refractivity contribution >= 4 is 11.5 Å². The third kappa shape index (κ3) is 6.38. The van der Waals surface area contributed by atoms with Crippen molar-refractivity contribution in [3.05, 3.63) is 42.1 Å². The number of hydrogen-bond acceptors (Lipinski definition) is 5. The van der Waals surface area contributed by atoms with Crippen molar-refractivity contribution in [3.63, 3.8) is 0 Å². The highest BCUT2D eigenvalue weighted by Gasteiger charge is 2.42. The number of alkyl halides is 1. The van der Waals surface area contributed by atoms with Crippen LogP contribution in [-0.4, -0.2) is 49.0 Å². The molecule has 1 heterocycles. The van der Waals surface area contributed by atoms with Gasteiger partial charge in [-0.15, -0.1) is 0 Å². The van der Waals surface area contributed by atoms with Crippen molar-refractivity contribution in [2.24, 2.45) is 0 Å². The molecule has 33 heavy (non-hydrogen) atoms. The standard InChI is InChI=1S/C25H33F3N4O/c1-16(14-33-2)31-18-4-6-19(7-5-18)32-24-12-20(22(27)13-29-24)17-3-8-21(26)23(11-17)30-15-25(28)9-10-25/h3,8,11-13,16,18-19,30-31H,4-7,9-10,14-15H2,1-2H3,(H,29,32)/t16-,18?,19?/m0/s1. The Morgan fingerprint density at radius 3 is 2.52 bits per heavy atom. The van der Waals surface area contributed by atoms with Crippen molar-refractivity contribution in [2.45, 2.75) is 69.2 Å². The van der Waals surface area contributed by atoms with Crippen LogP contribution in [0.15, 0.2) is 30.5 Å². The van der Waals surface area contributed by atoms with Gasteiger partial charge in [0.25, 0.3) is 0 Å². The first-order valence-corrected chi connectivity index (χ1v) is 11.7. The number of nitrogens with zero attached hydrogens (tertiary/aromatic N) is 1. The zero-order chi connectivity index (χ0) is 23.4. The van der Waals surface area contributed by atoms with Crippen molar-refractivity contribution in [1.29, 1.82) is 0 Å². The van der Waals surface area contributed by atoms with Gasteiger partial charge in [-0.05, 0) is 69.2 Å². The lowest BCUT2D eigenvalue weighted by Crippen LogP contribution is -2.42. The molecule has 2 aliphatic rings. The summed E-state index contributed by atoms with van der Waals surface area (Å²) in [6.07, 6.45) is 6.22. The van der Waals surface area contributed by atoms with Crippen LogP contribution in [0, 0.1) is 11.6 Å². The Labute approximate surface area is 193 Å². The second kappa shape index (κ2) is 10.3. The molecule has 0 spiro atoms. The molecule has 0 bridgehead atoms. The minimum absolute atomic E-state index is 0.0563. The third-order valence-electron chi connectivity index (χ3n) is 6.54. The zero-order valence-electron chi connectivity index (χ0n) is 19.3. The van der Waals surface area contributed by atoms with Crippen molar-refractivity contribution < 1.29 is 17.9 Å². The van der Waals surface area contributed by atoms with E-state index in [4.69, 9.17) is 4.74 Å². The number of halogens is 3. The maximum atomic E-state index is 14.6. The summed E-state index contributed by atoms with van der Waals surface area (Å²) in [4.78, 5) is 4.21. The van der Waals surface area contributed by atoms with Crippen LogP contribution in [0.2, 0.25) is 0 Å². The summed E-state index contributed by atoms with van der Waals surface area (Å²) in [5, 5.41) is 9.86. The number of anilines is 2. The maximum Gasteiger partial charge on any atom is 0.149 e. The second-order valence-electron chi connectivity index (χ2n) is 9.46. The predicted molar refractivity (Wildman–Crippen MR) is 125 cm³/mol. The van der Waals surface area contributed by atoms with E-state index in [0.717, 1.165) is 25.7 Å². The van der Waals surface area contributed by atoms with Gasteiger partial charge in [-0.3, -0.25) is 0 Å². The Morgan fingerprint density at radius 2 is 1.82 bits per heavy atom. The van der Waals surface area contributed by atoms with Crippen LogP contribution in [0.1, 0.15) is 45.4 Å². The molecule has 0 aliphatic heterocycles. The van der Waals surface area contributed by atoms with Gasteiger partial charge in [-0.2, -0.15) is 0 Å². The van der Waals surface area contributed by atoms with Crippen molar-refractivity contribution in [2.75, 3.05) is 30.9 Å². The fraction of sp³-hybridized carbons (Fsp3) is 0.560. The van der Waals surface area contributed by atoms with Gasteiger partial charge >= 0.3 is 0 Å². The number of methoxy groups -OCH3 is 1. The topological polar surface area (TPSA) is 58.2 Å². The lowest BCUT2D eigenvalue weighted by atomic mass is 9.90. The molecular formula is C25H33F3N4O. The normalized spacial score (nSPS) is 22.6. The number of hydrogen-bond donors (Lipinski definition) is 3. The molecule has 0 radical (unpaired) electrons. The molecule has 2 saturated carbocycles. The molecule has 2 aromatic rings. The van der Waals surface area contributed by atoms with Gasteiger partial charge < -0.3 is 20.7 Å². The predicted octanol–water partition coefficient (Wildman–Crippen LogP) is 5.29. The molecule has 5 nitrogen and oxygen atoms in total. The summed E-state index contributed by atoms with van der Waals surface area (Å²) in [6.45, 7) is 2.87. The number of ether oxygens (including phenoxy) is 1. The summed E-state index contributed by atoms with van der Waals surface area (Å²) >= 11 is 0. The summed E-state index contributed by atoms with van der Waals surface area (Å²) in [6, 6.07) is 7.05. The lowest BCUT2D eigenvalue weighted by molar-refractivity contribution is 0.161. The number of nitrogens with one attached hydrogen (secondary N) is 3. The molecule has 1 atom stereocenters. The van der Waals surface area contributed by atoms with Crippen LogP contribution < -0.4 is 16.0 Å². The molecule has 8 heteroatoms. The molecule has 2 fully saturated rings. The molecule has 4 rings (SSSR count). The molecule has 1 aromatic heterocycles. The molecular weight excluding hydrogens is 429 g/mol. The Morgan fingerprint density at radius 1 is 1.09 bits per heavy atom.